The van der Waals surface area contributed by atoms with Crippen molar-refractivity contribution >= 4 is 23.4 Å². The molecule has 8 heteroatoms. The normalized spacial score (nSPS) is 17.0. The van der Waals surface area contributed by atoms with Crippen molar-refractivity contribution in [3.63, 3.8) is 0 Å². The molecule has 4 rings (SSSR count). The molecule has 0 radical (unpaired) electrons. The zero-order valence-corrected chi connectivity index (χ0v) is 19.1. The Morgan fingerprint density at radius 1 is 1.25 bits per heavy atom. The Morgan fingerprint density at radius 2 is 2.00 bits per heavy atom. The summed E-state index contributed by atoms with van der Waals surface area (Å²) in [5.41, 5.74) is 3.26. The number of benzene rings is 2. The summed E-state index contributed by atoms with van der Waals surface area (Å²) in [6.07, 6.45) is 0.225. The predicted molar refractivity (Wildman–Crippen MR) is 123 cm³/mol. The average Bonchev–Trinajstić information content (AvgIpc) is 3.10. The van der Waals surface area contributed by atoms with Crippen molar-refractivity contribution < 1.29 is 14.3 Å². The van der Waals surface area contributed by atoms with Crippen LogP contribution in [0, 0.1) is 6.92 Å². The zero-order chi connectivity index (χ0) is 23.0. The number of aryl methyl sites for hydroxylation is 1. The van der Waals surface area contributed by atoms with E-state index in [1.165, 1.54) is 11.5 Å². The van der Waals surface area contributed by atoms with E-state index in [1.54, 1.807) is 32.4 Å². The van der Waals surface area contributed by atoms with E-state index in [9.17, 15) is 9.59 Å². The van der Waals surface area contributed by atoms with Gasteiger partial charge in [-0.2, -0.15) is 0 Å². The zero-order valence-electron chi connectivity index (χ0n) is 18.3. The monoisotopic (exact) mass is 453 g/mol. The van der Waals surface area contributed by atoms with E-state index in [0.717, 1.165) is 11.1 Å². The van der Waals surface area contributed by atoms with E-state index in [1.807, 2.05) is 31.2 Å². The fourth-order valence-corrected chi connectivity index (χ4v) is 4.42. The Labute approximate surface area is 191 Å². The van der Waals surface area contributed by atoms with Gasteiger partial charge in [0.15, 0.2) is 0 Å². The van der Waals surface area contributed by atoms with Crippen molar-refractivity contribution in [3.05, 3.63) is 74.7 Å². The number of carbonyl (C=O) groups is 1. The highest BCUT2D eigenvalue weighted by molar-refractivity contribution is 6.33. The second-order valence-corrected chi connectivity index (χ2v) is 8.18. The van der Waals surface area contributed by atoms with Crippen molar-refractivity contribution in [1.82, 2.24) is 9.55 Å². The largest absolute Gasteiger partial charge is 0.497 e. The predicted octanol–water partition coefficient (Wildman–Crippen LogP) is 4.06. The number of halogens is 1. The fourth-order valence-electron chi connectivity index (χ4n) is 4.16. The first kappa shape index (κ1) is 21.9. The van der Waals surface area contributed by atoms with Crippen molar-refractivity contribution in [2.45, 2.75) is 32.4 Å². The molecule has 0 fully saturated rings. The molecule has 166 valence electrons. The van der Waals surface area contributed by atoms with Crippen LogP contribution in [0.3, 0.4) is 0 Å². The SMILES string of the molecule is COc1ccc(-c2nc(C)c(N[C@H]3c4ccccc4C[C@@H]3OC(C)=O)n(C)c2=O)c(Cl)c1. The Bertz CT molecular complexity index is 1250. The van der Waals surface area contributed by atoms with Gasteiger partial charge in [-0.05, 0) is 36.2 Å². The van der Waals surface area contributed by atoms with E-state index >= 15 is 0 Å². The number of esters is 1. The Morgan fingerprint density at radius 3 is 2.69 bits per heavy atom. The van der Waals surface area contributed by atoms with Crippen LogP contribution in [0.4, 0.5) is 5.82 Å². The summed E-state index contributed by atoms with van der Waals surface area (Å²) in [5, 5.41) is 3.79. The van der Waals surface area contributed by atoms with E-state index in [2.05, 4.69) is 10.3 Å². The molecule has 1 aromatic heterocycles. The molecule has 3 aromatic rings. The second-order valence-electron chi connectivity index (χ2n) is 7.78. The molecule has 2 atom stereocenters. The number of rotatable bonds is 5. The Balaban J connectivity index is 1.74. The summed E-state index contributed by atoms with van der Waals surface area (Å²) in [6, 6.07) is 12.7. The van der Waals surface area contributed by atoms with E-state index in [-0.39, 0.29) is 29.4 Å². The molecule has 0 saturated carbocycles. The number of fused-ring (bicyclic) bond motifs is 1. The molecule has 0 saturated heterocycles. The van der Waals surface area contributed by atoms with E-state index in [0.29, 0.717) is 34.3 Å². The molecule has 0 bridgehead atoms. The molecule has 0 amide bonds. The highest BCUT2D eigenvalue weighted by Crippen LogP contribution is 2.37. The quantitative estimate of drug-likeness (QED) is 0.587. The van der Waals surface area contributed by atoms with Gasteiger partial charge >= 0.3 is 5.97 Å². The molecule has 0 unspecified atom stereocenters. The van der Waals surface area contributed by atoms with Gasteiger partial charge in [0.05, 0.1) is 23.9 Å². The van der Waals surface area contributed by atoms with Crippen molar-refractivity contribution in [2.24, 2.45) is 7.05 Å². The number of anilines is 1. The molecule has 1 aliphatic carbocycles. The highest BCUT2D eigenvalue weighted by atomic mass is 35.5. The van der Waals surface area contributed by atoms with Gasteiger partial charge in [0.2, 0.25) is 0 Å². The standard InChI is InChI=1S/C24H24ClN3O4/c1-13-23(27-21-17-8-6-5-7-15(17)11-20(21)32-14(2)29)28(3)24(30)22(26-13)18-10-9-16(31-4)12-19(18)25/h5-10,12,20-21,27H,11H2,1-4H3/t20-,21-/m0/s1. The molecule has 0 spiro atoms. The molecule has 1 heterocycles. The van der Waals surface area contributed by atoms with Crippen LogP contribution in [0.1, 0.15) is 29.8 Å². The number of nitrogens with zero attached hydrogens (tertiary/aromatic N) is 2. The molecule has 1 N–H and O–H groups in total. The minimum Gasteiger partial charge on any atom is -0.497 e. The first-order valence-electron chi connectivity index (χ1n) is 10.2. The van der Waals surface area contributed by atoms with Gasteiger partial charge in [0.25, 0.3) is 5.56 Å². The number of hydrogen-bond donors (Lipinski definition) is 1. The molecular weight excluding hydrogens is 430 g/mol. The number of methoxy groups -OCH3 is 1. The third-order valence-corrected chi connectivity index (χ3v) is 6.00. The summed E-state index contributed by atoms with van der Waals surface area (Å²) in [4.78, 5) is 29.5. The second kappa shape index (κ2) is 8.67. The Kier molecular flexibility index (Phi) is 5.93. The molecule has 1 aliphatic rings. The molecular formula is C24H24ClN3O4. The summed E-state index contributed by atoms with van der Waals surface area (Å²) in [6.45, 7) is 3.22. The third kappa shape index (κ3) is 3.96. The maximum absolute atomic E-state index is 13.2. The Hall–Kier alpha value is -3.32. The van der Waals surface area contributed by atoms with Gasteiger partial charge in [-0.1, -0.05) is 35.9 Å². The first-order valence-corrected chi connectivity index (χ1v) is 10.6. The number of aromatic nitrogens is 2. The first-order chi connectivity index (χ1) is 15.3. The summed E-state index contributed by atoms with van der Waals surface area (Å²) in [5.74, 6) is 0.812. The molecule has 32 heavy (non-hydrogen) atoms. The van der Waals surface area contributed by atoms with E-state index < -0.39 is 0 Å². The van der Waals surface area contributed by atoms with Gasteiger partial charge in [0, 0.05) is 26.0 Å². The van der Waals surface area contributed by atoms with Crippen LogP contribution in [-0.4, -0.2) is 28.7 Å². The number of hydrogen-bond acceptors (Lipinski definition) is 6. The van der Waals surface area contributed by atoms with Gasteiger partial charge in [-0.3, -0.25) is 14.2 Å². The molecule has 0 aliphatic heterocycles. The van der Waals surface area contributed by atoms with Crippen LogP contribution in [0.25, 0.3) is 11.3 Å². The summed E-state index contributed by atoms with van der Waals surface area (Å²) in [7, 11) is 3.24. The third-order valence-electron chi connectivity index (χ3n) is 5.69. The van der Waals surface area contributed by atoms with Crippen molar-refractivity contribution in [3.8, 4) is 17.0 Å². The van der Waals surface area contributed by atoms with Gasteiger partial charge < -0.3 is 14.8 Å². The van der Waals surface area contributed by atoms with Gasteiger partial charge in [0.1, 0.15) is 23.4 Å². The van der Waals surface area contributed by atoms with Crippen LogP contribution in [0.2, 0.25) is 5.02 Å². The van der Waals surface area contributed by atoms with Crippen molar-refractivity contribution in [1.29, 1.82) is 0 Å². The minimum absolute atomic E-state index is 0.256. The van der Waals surface area contributed by atoms with Gasteiger partial charge in [-0.15, -0.1) is 0 Å². The lowest BCUT2D eigenvalue weighted by Gasteiger charge is -2.25. The van der Waals surface area contributed by atoms with Crippen molar-refractivity contribution in [2.75, 3.05) is 12.4 Å². The highest BCUT2D eigenvalue weighted by Gasteiger charge is 2.35. The van der Waals surface area contributed by atoms with Crippen LogP contribution in [0.5, 0.6) is 5.75 Å². The molecule has 2 aromatic carbocycles. The number of ether oxygens (including phenoxy) is 2. The summed E-state index contributed by atoms with van der Waals surface area (Å²) < 4.78 is 12.3. The lowest BCUT2D eigenvalue weighted by Crippen LogP contribution is -2.31. The summed E-state index contributed by atoms with van der Waals surface area (Å²) >= 11 is 6.39. The van der Waals surface area contributed by atoms with Crippen LogP contribution >= 0.6 is 11.6 Å². The average molecular weight is 454 g/mol. The maximum atomic E-state index is 13.2. The minimum atomic E-state index is -0.380. The van der Waals surface area contributed by atoms with Crippen LogP contribution < -0.4 is 15.6 Å². The fraction of sp³-hybridized carbons (Fsp3) is 0.292. The number of nitrogens with one attached hydrogen (secondary N) is 1. The molecule has 7 nitrogen and oxygen atoms in total. The van der Waals surface area contributed by atoms with Gasteiger partial charge in [-0.25, -0.2) is 4.98 Å². The van der Waals surface area contributed by atoms with Crippen LogP contribution in [0.15, 0.2) is 47.3 Å². The smallest absolute Gasteiger partial charge is 0.302 e. The van der Waals surface area contributed by atoms with E-state index in [4.69, 9.17) is 21.1 Å². The lowest BCUT2D eigenvalue weighted by atomic mass is 10.1. The van der Waals surface area contributed by atoms with Crippen LogP contribution in [-0.2, 0) is 23.0 Å². The topological polar surface area (TPSA) is 82.4 Å². The maximum Gasteiger partial charge on any atom is 0.302 e. The lowest BCUT2D eigenvalue weighted by molar-refractivity contribution is -0.146. The number of carbonyl (C=O) groups excluding carboxylic acids is 1.